The summed E-state index contributed by atoms with van der Waals surface area (Å²) in [5.74, 6) is 3.64. The number of urea groups is 3. The van der Waals surface area contributed by atoms with Crippen molar-refractivity contribution in [2.75, 3.05) is 212 Å². The van der Waals surface area contributed by atoms with Crippen LogP contribution in [0.2, 0.25) is 0 Å². The number of amides is 6. The second-order valence-electron chi connectivity index (χ2n) is 31.8. The molecule has 666 valence electrons. The van der Waals surface area contributed by atoms with Crippen molar-refractivity contribution in [3.63, 3.8) is 0 Å². The van der Waals surface area contributed by atoms with Gasteiger partial charge in [0, 0.05) is 208 Å². The normalized spacial score (nSPS) is 18.2. The van der Waals surface area contributed by atoms with Crippen LogP contribution in [0, 0.1) is 11.6 Å². The maximum absolute atomic E-state index is 13.2. The summed E-state index contributed by atoms with van der Waals surface area (Å²) < 4.78 is 116. The van der Waals surface area contributed by atoms with Crippen molar-refractivity contribution in [3.8, 4) is 34.2 Å². The third-order valence-corrected chi connectivity index (χ3v) is 25.2. The number of carbonyl (C=O) groups excluding carboxylic acids is 3. The van der Waals surface area contributed by atoms with Crippen LogP contribution in [0.1, 0.15) is 36.5 Å². The van der Waals surface area contributed by atoms with E-state index in [1.54, 1.807) is 12.1 Å². The van der Waals surface area contributed by atoms with Gasteiger partial charge in [-0.3, -0.25) is 14.7 Å². The molecule has 41 heteroatoms. The van der Waals surface area contributed by atoms with Crippen LogP contribution >= 0.6 is 0 Å². The van der Waals surface area contributed by atoms with E-state index in [1.165, 1.54) is 75.2 Å². The third-order valence-electron chi connectivity index (χ3n) is 22.6. The molecule has 7 aliphatic rings. The Morgan fingerprint density at radius 1 is 0.421 bits per heavy atom. The number of nitrogens with one attached hydrogen (secondary N) is 6. The molecule has 6 aromatic heterocycles. The molecule has 2 unspecified atom stereocenters. The molecule has 2 atom stereocenters. The van der Waals surface area contributed by atoms with Crippen molar-refractivity contribution in [2.45, 2.75) is 51.6 Å². The largest absolute Gasteiger partial charge is 0.378 e. The van der Waals surface area contributed by atoms with Crippen molar-refractivity contribution in [2.24, 2.45) is 0 Å². The van der Waals surface area contributed by atoms with Gasteiger partial charge < -0.3 is 65.7 Å². The van der Waals surface area contributed by atoms with Crippen molar-refractivity contribution in [1.29, 1.82) is 0 Å². The average Bonchev–Trinajstić information content (AvgIpc) is 1.61. The number of ether oxygens (including phenoxy) is 3. The van der Waals surface area contributed by atoms with E-state index in [1.807, 2.05) is 93.5 Å². The summed E-state index contributed by atoms with van der Waals surface area (Å²) in [4.78, 5) is 67.9. The quantitative estimate of drug-likeness (QED) is 0.0419. The van der Waals surface area contributed by atoms with Crippen LogP contribution in [-0.2, 0) is 65.5 Å². The molecule has 2 bridgehead atoms. The number of carbonyl (C=O) groups is 3. The highest BCUT2D eigenvalue weighted by Gasteiger charge is 2.36. The molecule has 7 saturated heterocycles. The molecule has 7 fully saturated rings. The molecule has 11 aromatic rings. The van der Waals surface area contributed by atoms with Crippen LogP contribution in [0.5, 0.6) is 0 Å². The van der Waals surface area contributed by atoms with Crippen LogP contribution < -0.4 is 46.6 Å². The summed E-state index contributed by atoms with van der Waals surface area (Å²) in [6, 6.07) is 38.8. The Labute approximate surface area is 731 Å². The fourth-order valence-electron chi connectivity index (χ4n) is 16.1. The van der Waals surface area contributed by atoms with Gasteiger partial charge in [-0.05, 0) is 183 Å². The Balaban J connectivity index is 0.000000144. The van der Waals surface area contributed by atoms with E-state index in [2.05, 4.69) is 97.6 Å². The van der Waals surface area contributed by atoms with Crippen LogP contribution in [0.15, 0.2) is 158 Å². The number of hydrogen-bond donors (Lipinski definition) is 6. The number of nitrogens with zero attached hydrogens (tertiary/aromatic N) is 18. The zero-order valence-corrected chi connectivity index (χ0v) is 72.8. The van der Waals surface area contributed by atoms with E-state index < -0.39 is 43.7 Å². The van der Waals surface area contributed by atoms with Gasteiger partial charge in [0.2, 0.25) is 20.0 Å². The van der Waals surface area contributed by atoms with Gasteiger partial charge >= 0.3 is 29.7 Å². The average molecular weight is 1790 g/mol. The van der Waals surface area contributed by atoms with Crippen LogP contribution in [0.3, 0.4) is 0 Å². The summed E-state index contributed by atoms with van der Waals surface area (Å²) in [7, 11) is -4.17. The number of benzene rings is 5. The minimum absolute atomic E-state index is 0.244. The first-order valence-corrected chi connectivity index (χ1v) is 46.2. The number of fused-ring (bicyclic) bond motifs is 5. The van der Waals surface area contributed by atoms with Gasteiger partial charge in [0.25, 0.3) is 0 Å². The van der Waals surface area contributed by atoms with E-state index in [0.717, 1.165) is 134 Å². The third kappa shape index (κ3) is 23.3. The summed E-state index contributed by atoms with van der Waals surface area (Å²) in [5, 5.41) is 31.1. The molecule has 5 aromatic carbocycles. The van der Waals surface area contributed by atoms with E-state index in [-0.39, 0.29) is 29.9 Å². The minimum atomic E-state index is -3.18. The number of morpholine rings is 3. The van der Waals surface area contributed by atoms with Crippen molar-refractivity contribution < 1.29 is 62.6 Å². The van der Waals surface area contributed by atoms with E-state index in [0.29, 0.717) is 157 Å². The zero-order valence-electron chi connectivity index (χ0n) is 70.4. The summed E-state index contributed by atoms with van der Waals surface area (Å²) in [6.07, 6.45) is 11.3. The second kappa shape index (κ2) is 40.8. The zero-order chi connectivity index (χ0) is 88.0. The summed E-state index contributed by atoms with van der Waals surface area (Å²) in [6.45, 7) is 20.7. The first-order chi connectivity index (χ1) is 60.9. The maximum Gasteiger partial charge on any atom is 0.335 e. The topological polar surface area (TPSA) is 373 Å². The standard InChI is InChI=1S/C31H35FN8O2.C29H33FN8O4S.C25H34N8O4S.O2S/c1-37-12-14-38(15-13-37)17-21-16-28-30(39-19-26-10-11-27(20-39)42-26)35-29(36-40(28)18-21)22-2-6-24(7-3-22)33-31(41)34-25-8-4-23(32)5-9-25;1-43(40,41)37-12-10-35(11-13-37)19-21-18-26-28(36-14-16-42-17-15-36)33-27(34-38(26)20-21)22-2-6-24(7-3-22)31-29(39)32-25-8-4-23(30)5-9-25;1-3-26-25(34)27-21-6-4-20(5-7-21)23-28-24(31-12-14-37-15-13-31)22-16-19(18-33(22)29-23)17-30-8-10-32(11-9-30)38(2,35)36;1-3-2/h2-9,16,18,26-27H,10-15,17,19-20H2,1H3,(H2,33,34,41);2-9,18,20H,10-17,19H2,1H3,(H2,31,32,39);4-7,16,18H,3,8-15,17H2,1-2H3,(H2,26,27,34);. The molecule has 0 radical (unpaired) electrons. The number of sulfonamides is 2. The lowest BCUT2D eigenvalue weighted by Crippen LogP contribution is -2.47. The number of anilines is 8. The molecule has 0 aliphatic carbocycles. The maximum atomic E-state index is 13.2. The lowest BCUT2D eigenvalue weighted by atomic mass is 10.2. The molecular weight excluding hydrogens is 1680 g/mol. The van der Waals surface area contributed by atoms with Gasteiger partial charge in [0.05, 0.1) is 51.1 Å². The molecular formula is C85H102F2N24O12S3. The highest BCUT2D eigenvalue weighted by molar-refractivity contribution is 7.88. The molecule has 13 heterocycles. The van der Waals surface area contributed by atoms with Crippen LogP contribution in [0.4, 0.5) is 69.1 Å². The van der Waals surface area contributed by atoms with Gasteiger partial charge in [0.1, 0.15) is 28.2 Å². The molecule has 6 N–H and O–H groups in total. The molecule has 126 heavy (non-hydrogen) atoms. The molecule has 6 amide bonds. The number of piperazine rings is 3. The first kappa shape index (κ1) is 89.2. The predicted molar refractivity (Wildman–Crippen MR) is 477 cm³/mol. The molecule has 36 nitrogen and oxygen atoms in total. The highest BCUT2D eigenvalue weighted by atomic mass is 32.2. The van der Waals surface area contributed by atoms with E-state index >= 15 is 0 Å². The number of likely N-dealkylation sites (N-methyl/N-ethyl adjacent to an activating group) is 1. The first-order valence-electron chi connectivity index (χ1n) is 41.8. The fraction of sp³-hybridized carbons (Fsp3) is 0.400. The van der Waals surface area contributed by atoms with Crippen LogP contribution in [-0.4, -0.2) is 298 Å². The summed E-state index contributed by atoms with van der Waals surface area (Å²) >= 11 is -0.750. The number of halogens is 2. The lowest BCUT2D eigenvalue weighted by molar-refractivity contribution is 0.0303. The Bertz CT molecular complexity index is 5870. The van der Waals surface area contributed by atoms with Gasteiger partial charge in [0.15, 0.2) is 34.9 Å². The van der Waals surface area contributed by atoms with Crippen molar-refractivity contribution in [1.82, 2.24) is 77.3 Å². The van der Waals surface area contributed by atoms with E-state index in [9.17, 15) is 40.0 Å². The smallest absolute Gasteiger partial charge is 0.335 e. The fourth-order valence-corrected chi connectivity index (χ4v) is 17.7. The van der Waals surface area contributed by atoms with Crippen molar-refractivity contribution >= 4 is 112 Å². The number of aromatic nitrogens is 9. The number of hydrogen-bond acceptors (Lipinski definition) is 25. The molecule has 0 spiro atoms. The monoisotopic (exact) mass is 1780 g/mol. The highest BCUT2D eigenvalue weighted by Crippen LogP contribution is 2.35. The Morgan fingerprint density at radius 3 is 1.02 bits per heavy atom. The SMILES string of the molecule is CCNC(=O)Nc1ccc(-c2nc(N3CCOCC3)c3cc(CN4CCN(S(C)(=O)=O)CC4)cn3n2)cc1.CN1CCN(Cc2cc3c(N4CC5CCC(C4)O5)nc(-c4ccc(NC(=O)Nc5ccc(F)cc5)cc4)nn3c2)CC1.CS(=O)(=O)N1CCN(Cc2cc3c(N4CCOCC4)nc(-c4ccc(NC(=O)Nc5ccc(F)cc5)cc4)nn3c2)CC1.O=S=O. The minimum Gasteiger partial charge on any atom is -0.378 e. The summed E-state index contributed by atoms with van der Waals surface area (Å²) in [5.41, 5.74) is 11.6. The van der Waals surface area contributed by atoms with Crippen LogP contribution in [0.25, 0.3) is 50.7 Å². The van der Waals surface area contributed by atoms with E-state index in [4.69, 9.17) is 52.9 Å². The second-order valence-corrected chi connectivity index (χ2v) is 35.9. The van der Waals surface area contributed by atoms with Gasteiger partial charge in [-0.25, -0.2) is 68.5 Å². The molecule has 18 rings (SSSR count). The molecule has 0 saturated carbocycles. The molecule has 7 aliphatic heterocycles. The predicted octanol–water partition coefficient (Wildman–Crippen LogP) is 8.17. The van der Waals surface area contributed by atoms with Gasteiger partial charge in [-0.15, -0.1) is 15.3 Å². The van der Waals surface area contributed by atoms with Crippen molar-refractivity contribution in [3.05, 3.63) is 186 Å². The number of rotatable bonds is 20. The Kier molecular flexibility index (Phi) is 28.9. The Hall–Kier alpha value is -11.6. The lowest BCUT2D eigenvalue weighted by Gasteiger charge is -2.33. The Morgan fingerprint density at radius 2 is 0.714 bits per heavy atom. The van der Waals surface area contributed by atoms with Gasteiger partial charge in [-0.2, -0.15) is 17.0 Å². The van der Waals surface area contributed by atoms with Gasteiger partial charge in [-0.1, -0.05) is 0 Å².